The molecule has 1 aliphatic heterocycles. The van der Waals surface area contributed by atoms with Gasteiger partial charge >= 0.3 is 5.97 Å². The zero-order valence-electron chi connectivity index (χ0n) is 20.1. The van der Waals surface area contributed by atoms with E-state index in [2.05, 4.69) is 19.0 Å². The average molecular weight is 589 g/mol. The van der Waals surface area contributed by atoms with Crippen LogP contribution >= 0.6 is 23.1 Å². The highest BCUT2D eigenvalue weighted by Crippen LogP contribution is 2.30. The monoisotopic (exact) mass is 588 g/mol. The molecule has 202 valence electrons. The molecule has 1 N–H and O–H groups in total. The van der Waals surface area contributed by atoms with E-state index in [0.29, 0.717) is 29.6 Å². The maximum absolute atomic E-state index is 13.5. The van der Waals surface area contributed by atoms with Crippen molar-refractivity contribution in [2.24, 2.45) is 0 Å². The fraction of sp³-hybridized carbons (Fsp3) is 0.261. The number of thiazole rings is 1. The molecule has 1 aliphatic rings. The highest BCUT2D eigenvalue weighted by Gasteiger charge is 2.39. The van der Waals surface area contributed by atoms with E-state index in [1.54, 1.807) is 23.6 Å². The van der Waals surface area contributed by atoms with E-state index in [0.717, 1.165) is 27.4 Å². The van der Waals surface area contributed by atoms with Crippen LogP contribution in [-0.2, 0) is 24.3 Å². The van der Waals surface area contributed by atoms with Crippen molar-refractivity contribution in [3.05, 3.63) is 58.0 Å². The highest BCUT2D eigenvalue weighted by atomic mass is 32.2. The van der Waals surface area contributed by atoms with Crippen LogP contribution in [-0.4, -0.2) is 62.4 Å². The first-order valence-electron chi connectivity index (χ1n) is 11.6. The third kappa shape index (κ3) is 5.63. The van der Waals surface area contributed by atoms with Gasteiger partial charge in [0.2, 0.25) is 10.0 Å². The maximum Gasteiger partial charge on any atom is 0.324 e. The van der Waals surface area contributed by atoms with Gasteiger partial charge in [-0.25, -0.2) is 13.4 Å². The molecule has 0 bridgehead atoms. The summed E-state index contributed by atoms with van der Waals surface area (Å²) in [5.74, 6) is -1.49. The third-order valence-electron chi connectivity index (χ3n) is 6.01. The second kappa shape index (κ2) is 11.1. The number of nitro groups is 1. The molecular formula is C23H20N6O7S3. The van der Waals surface area contributed by atoms with E-state index in [9.17, 15) is 28.1 Å². The molecule has 4 aromatic rings. The molecule has 1 amide bonds. The third-order valence-corrected chi connectivity index (χ3v) is 9.25. The molecule has 39 heavy (non-hydrogen) atoms. The largest absolute Gasteiger partial charge is 0.454 e. The van der Waals surface area contributed by atoms with E-state index >= 15 is 0 Å². The van der Waals surface area contributed by atoms with Gasteiger partial charge in [0, 0.05) is 29.6 Å². The number of esters is 1. The van der Waals surface area contributed by atoms with E-state index < -0.39 is 39.5 Å². The summed E-state index contributed by atoms with van der Waals surface area (Å²) in [7, 11) is -4.09. The van der Waals surface area contributed by atoms with Crippen LogP contribution in [0.4, 0.5) is 10.8 Å². The maximum atomic E-state index is 13.5. The van der Waals surface area contributed by atoms with Gasteiger partial charge in [-0.1, -0.05) is 18.2 Å². The van der Waals surface area contributed by atoms with Crippen molar-refractivity contribution in [1.29, 1.82) is 0 Å². The molecule has 0 radical (unpaired) electrons. The van der Waals surface area contributed by atoms with Crippen LogP contribution in [0.3, 0.4) is 0 Å². The van der Waals surface area contributed by atoms with Crippen molar-refractivity contribution in [2.45, 2.75) is 30.2 Å². The number of anilines is 1. The Morgan fingerprint density at radius 2 is 2.00 bits per heavy atom. The second-order valence-electron chi connectivity index (χ2n) is 8.52. The average Bonchev–Trinajstić information content (AvgIpc) is 3.61. The normalized spacial score (nSPS) is 16.2. The van der Waals surface area contributed by atoms with Gasteiger partial charge in [-0.15, -0.1) is 11.3 Å². The summed E-state index contributed by atoms with van der Waals surface area (Å²) in [5, 5.41) is 15.4. The molecule has 1 fully saturated rings. The summed E-state index contributed by atoms with van der Waals surface area (Å²) in [4.78, 5) is 40.1. The molecule has 2 aromatic heterocycles. The molecule has 1 unspecified atom stereocenters. The van der Waals surface area contributed by atoms with E-state index in [1.165, 1.54) is 24.3 Å². The number of fused-ring (bicyclic) bond motifs is 1. The second-order valence-corrected chi connectivity index (χ2v) is 11.8. The van der Waals surface area contributed by atoms with Gasteiger partial charge in [-0.2, -0.15) is 13.1 Å². The number of ether oxygens (including phenoxy) is 1. The number of non-ortho nitro benzene ring substituents is 1. The molecule has 13 nitrogen and oxygen atoms in total. The van der Waals surface area contributed by atoms with Gasteiger partial charge in [0.05, 0.1) is 22.3 Å². The zero-order chi connectivity index (χ0) is 27.6. The van der Waals surface area contributed by atoms with Crippen LogP contribution in [0.15, 0.2) is 52.7 Å². The molecule has 3 heterocycles. The fourth-order valence-electron chi connectivity index (χ4n) is 4.17. The minimum atomic E-state index is -4.09. The van der Waals surface area contributed by atoms with Gasteiger partial charge in [-0.3, -0.25) is 25.0 Å². The fourth-order valence-corrected chi connectivity index (χ4v) is 7.31. The van der Waals surface area contributed by atoms with E-state index in [1.807, 2.05) is 0 Å². The molecule has 5 rings (SSSR count). The van der Waals surface area contributed by atoms with Crippen LogP contribution in [0.25, 0.3) is 22.3 Å². The molecule has 2 aromatic carbocycles. The van der Waals surface area contributed by atoms with Crippen LogP contribution < -0.4 is 5.32 Å². The Morgan fingerprint density at radius 3 is 2.82 bits per heavy atom. The van der Waals surface area contributed by atoms with E-state index in [-0.39, 0.29) is 34.2 Å². The summed E-state index contributed by atoms with van der Waals surface area (Å²) in [6.07, 6.45) is 1.45. The number of benzene rings is 2. The van der Waals surface area contributed by atoms with Gasteiger partial charge in [0.25, 0.3) is 11.6 Å². The molecule has 16 heteroatoms. The standard InChI is InChI=1S/C23H20N6O7S3/c30-20(25-23-24-17(13-37-23)14-5-3-6-15(11-14)29(32)33)12-36-22(31)18-8-1-2-10-28(18)39(34,35)19-9-4-7-16-21(19)27-38-26-16/h3-7,9,11,13,18H,1-2,8,10,12H2,(H,24,25,30). The van der Waals surface area contributed by atoms with Crippen molar-refractivity contribution < 1.29 is 27.7 Å². The number of sulfonamides is 1. The van der Waals surface area contributed by atoms with Crippen LogP contribution in [0, 0.1) is 10.1 Å². The predicted molar refractivity (Wildman–Crippen MR) is 143 cm³/mol. The quantitative estimate of drug-likeness (QED) is 0.182. The minimum absolute atomic E-state index is 0.0329. The Labute approximate surface area is 230 Å². The molecule has 1 atom stereocenters. The Hall–Kier alpha value is -3.86. The van der Waals surface area contributed by atoms with Crippen molar-refractivity contribution in [3.8, 4) is 11.3 Å². The van der Waals surface area contributed by atoms with Crippen LogP contribution in [0.5, 0.6) is 0 Å². The predicted octanol–water partition coefficient (Wildman–Crippen LogP) is 3.45. The molecule has 1 saturated heterocycles. The Kier molecular flexibility index (Phi) is 7.60. The van der Waals surface area contributed by atoms with Crippen LogP contribution in [0.2, 0.25) is 0 Å². The van der Waals surface area contributed by atoms with Crippen molar-refractivity contribution >= 4 is 66.8 Å². The summed E-state index contributed by atoms with van der Waals surface area (Å²) in [5.41, 5.74) is 1.55. The van der Waals surface area contributed by atoms with Gasteiger partial charge in [0.15, 0.2) is 11.7 Å². The number of amides is 1. The summed E-state index contributed by atoms with van der Waals surface area (Å²) < 4.78 is 41.5. The summed E-state index contributed by atoms with van der Waals surface area (Å²) in [6, 6.07) is 9.51. The molecular weight excluding hydrogens is 568 g/mol. The highest BCUT2D eigenvalue weighted by molar-refractivity contribution is 7.89. The molecule has 0 aliphatic carbocycles. The lowest BCUT2D eigenvalue weighted by Gasteiger charge is -2.32. The summed E-state index contributed by atoms with van der Waals surface area (Å²) >= 11 is 2.00. The topological polar surface area (TPSA) is 175 Å². The molecule has 0 saturated carbocycles. The van der Waals surface area contributed by atoms with Crippen molar-refractivity contribution in [1.82, 2.24) is 18.0 Å². The van der Waals surface area contributed by atoms with Gasteiger partial charge in [-0.05, 0) is 31.4 Å². The van der Waals surface area contributed by atoms with Crippen molar-refractivity contribution in [3.63, 3.8) is 0 Å². The van der Waals surface area contributed by atoms with Crippen molar-refractivity contribution in [2.75, 3.05) is 18.5 Å². The first kappa shape index (κ1) is 26.7. The number of nitrogens with one attached hydrogen (secondary N) is 1. The van der Waals surface area contributed by atoms with Crippen LogP contribution in [0.1, 0.15) is 19.3 Å². The lowest BCUT2D eigenvalue weighted by atomic mass is 10.1. The number of carbonyl (C=O) groups excluding carboxylic acids is 2. The number of nitro benzene ring substituents is 1. The van der Waals surface area contributed by atoms with Gasteiger partial charge in [0.1, 0.15) is 22.0 Å². The molecule has 0 spiro atoms. The lowest BCUT2D eigenvalue weighted by molar-refractivity contribution is -0.384. The number of nitrogens with zero attached hydrogens (tertiary/aromatic N) is 5. The first-order valence-corrected chi connectivity index (χ1v) is 14.7. The first-order chi connectivity index (χ1) is 18.7. The lowest BCUT2D eigenvalue weighted by Crippen LogP contribution is -2.48. The SMILES string of the molecule is O=C(COC(=O)C1CCCCN1S(=O)(=O)c1cccc2nsnc12)Nc1nc(-c2cccc([N+](=O)[O-])c2)cs1. The number of carbonyl (C=O) groups is 2. The van der Waals surface area contributed by atoms with Gasteiger partial charge < -0.3 is 4.74 Å². The smallest absolute Gasteiger partial charge is 0.324 e. The number of rotatable bonds is 8. The number of aromatic nitrogens is 3. The number of hydrogen-bond donors (Lipinski definition) is 1. The zero-order valence-corrected chi connectivity index (χ0v) is 22.5. The van der Waals surface area contributed by atoms with E-state index in [4.69, 9.17) is 4.74 Å². The Balaban J connectivity index is 1.23. The Morgan fingerprint density at radius 1 is 1.18 bits per heavy atom. The minimum Gasteiger partial charge on any atom is -0.454 e. The Bertz CT molecular complexity index is 1670. The summed E-state index contributed by atoms with van der Waals surface area (Å²) in [6.45, 7) is -0.512. The number of piperidine rings is 1. The number of hydrogen-bond acceptors (Lipinski definition) is 12.